The van der Waals surface area contributed by atoms with Gasteiger partial charge in [0.05, 0.1) is 34.7 Å². The van der Waals surface area contributed by atoms with E-state index in [1.54, 1.807) is 6.07 Å². The second kappa shape index (κ2) is 4.69. The van der Waals surface area contributed by atoms with Crippen LogP contribution in [0.4, 0.5) is 0 Å². The molecule has 0 spiro atoms. The van der Waals surface area contributed by atoms with Gasteiger partial charge in [-0.2, -0.15) is 4.31 Å². The van der Waals surface area contributed by atoms with Crippen LogP contribution in [0.3, 0.4) is 0 Å². The fraction of sp³-hybridized carbons (Fsp3) is 0.462. The molecule has 2 aromatic rings. The third-order valence-electron chi connectivity index (χ3n) is 3.64. The van der Waals surface area contributed by atoms with E-state index in [-0.39, 0.29) is 10.6 Å². The number of morpholine rings is 1. The molecule has 1 aliphatic heterocycles. The molecule has 8 heteroatoms. The van der Waals surface area contributed by atoms with Gasteiger partial charge in [-0.1, -0.05) is 0 Å². The number of ether oxygens (including phenoxy) is 1. The van der Waals surface area contributed by atoms with E-state index in [1.165, 1.54) is 16.4 Å². The molecule has 0 unspecified atom stereocenters. The normalized spacial score (nSPS) is 19.9. The highest BCUT2D eigenvalue weighted by molar-refractivity contribution is 7.89. The van der Waals surface area contributed by atoms with E-state index >= 15 is 0 Å². The van der Waals surface area contributed by atoms with E-state index in [2.05, 4.69) is 9.97 Å². The molecule has 0 radical (unpaired) electrons. The number of fused-ring (bicyclic) bond motifs is 1. The lowest BCUT2D eigenvalue weighted by Gasteiger charge is -2.40. The molecule has 1 fully saturated rings. The van der Waals surface area contributed by atoms with Gasteiger partial charge in [-0.3, -0.25) is 0 Å². The van der Waals surface area contributed by atoms with Crippen LogP contribution in [0.5, 0.6) is 0 Å². The van der Waals surface area contributed by atoms with Gasteiger partial charge in [0.1, 0.15) is 0 Å². The van der Waals surface area contributed by atoms with Crippen molar-refractivity contribution < 1.29 is 13.2 Å². The zero-order valence-electron chi connectivity index (χ0n) is 11.8. The van der Waals surface area contributed by atoms with Crippen LogP contribution in [-0.4, -0.2) is 48.0 Å². The molecule has 0 aliphatic carbocycles. The number of aromatic amines is 2. The summed E-state index contributed by atoms with van der Waals surface area (Å²) in [5, 5.41) is 0. The van der Waals surface area contributed by atoms with Gasteiger partial charge in [0.15, 0.2) is 0 Å². The van der Waals surface area contributed by atoms with Gasteiger partial charge in [0.25, 0.3) is 0 Å². The summed E-state index contributed by atoms with van der Waals surface area (Å²) in [7, 11) is -3.63. The average Bonchev–Trinajstić information content (AvgIpc) is 2.76. The molecule has 1 aliphatic rings. The Bertz CT molecular complexity index is 834. The number of aromatic nitrogens is 2. The minimum Gasteiger partial charge on any atom is -0.378 e. The SMILES string of the molecule is CC1(C)COCCN1S(=O)(=O)c1ccc2[nH]c(=O)[nH]c2c1. The number of hydrogen-bond acceptors (Lipinski definition) is 4. The smallest absolute Gasteiger partial charge is 0.323 e. The zero-order valence-corrected chi connectivity index (χ0v) is 12.7. The lowest BCUT2D eigenvalue weighted by atomic mass is 10.1. The molecule has 114 valence electrons. The van der Waals surface area contributed by atoms with Crippen molar-refractivity contribution >= 4 is 21.1 Å². The fourth-order valence-corrected chi connectivity index (χ4v) is 4.37. The van der Waals surface area contributed by atoms with Crippen molar-refractivity contribution in [2.24, 2.45) is 0 Å². The number of nitrogens with one attached hydrogen (secondary N) is 2. The van der Waals surface area contributed by atoms with Crippen LogP contribution < -0.4 is 5.69 Å². The van der Waals surface area contributed by atoms with Crippen LogP contribution in [0.25, 0.3) is 11.0 Å². The Balaban J connectivity index is 2.08. The van der Waals surface area contributed by atoms with Crippen LogP contribution in [0.2, 0.25) is 0 Å². The first-order chi connectivity index (χ1) is 9.80. The van der Waals surface area contributed by atoms with E-state index in [4.69, 9.17) is 4.74 Å². The van der Waals surface area contributed by atoms with Crippen molar-refractivity contribution in [3.63, 3.8) is 0 Å². The molecule has 21 heavy (non-hydrogen) atoms. The molecule has 0 bridgehead atoms. The minimum atomic E-state index is -3.63. The van der Waals surface area contributed by atoms with Crippen LogP contribution in [0.15, 0.2) is 27.9 Å². The highest BCUT2D eigenvalue weighted by Gasteiger charge is 2.39. The third-order valence-corrected chi connectivity index (χ3v) is 5.75. The number of H-pyrrole nitrogens is 2. The molecule has 3 rings (SSSR count). The average molecular weight is 311 g/mol. The maximum atomic E-state index is 12.8. The quantitative estimate of drug-likeness (QED) is 0.851. The second-order valence-corrected chi connectivity index (χ2v) is 7.59. The summed E-state index contributed by atoms with van der Waals surface area (Å²) >= 11 is 0. The van der Waals surface area contributed by atoms with Crippen LogP contribution >= 0.6 is 0 Å². The number of rotatable bonds is 2. The number of imidazole rings is 1. The van der Waals surface area contributed by atoms with Gasteiger partial charge in [0, 0.05) is 6.54 Å². The van der Waals surface area contributed by atoms with Crippen molar-refractivity contribution in [1.82, 2.24) is 14.3 Å². The largest absolute Gasteiger partial charge is 0.378 e. The van der Waals surface area contributed by atoms with Gasteiger partial charge >= 0.3 is 5.69 Å². The third kappa shape index (κ3) is 2.39. The molecule has 0 saturated carbocycles. The van der Waals surface area contributed by atoms with Crippen molar-refractivity contribution in [3.8, 4) is 0 Å². The van der Waals surface area contributed by atoms with E-state index in [0.717, 1.165) is 0 Å². The van der Waals surface area contributed by atoms with Crippen LogP contribution in [0.1, 0.15) is 13.8 Å². The summed E-state index contributed by atoms with van der Waals surface area (Å²) in [6.07, 6.45) is 0. The molecule has 2 N–H and O–H groups in total. The Labute approximate surface area is 122 Å². The highest BCUT2D eigenvalue weighted by atomic mass is 32.2. The fourth-order valence-electron chi connectivity index (χ4n) is 2.59. The van der Waals surface area contributed by atoms with E-state index in [9.17, 15) is 13.2 Å². The van der Waals surface area contributed by atoms with E-state index in [0.29, 0.717) is 30.8 Å². The zero-order chi connectivity index (χ0) is 15.3. The van der Waals surface area contributed by atoms with Gasteiger partial charge in [-0.15, -0.1) is 0 Å². The number of sulfonamides is 1. The predicted molar refractivity (Wildman–Crippen MR) is 77.7 cm³/mol. The van der Waals surface area contributed by atoms with Gasteiger partial charge in [0.2, 0.25) is 10.0 Å². The second-order valence-electron chi connectivity index (χ2n) is 5.73. The van der Waals surface area contributed by atoms with Crippen LogP contribution in [-0.2, 0) is 14.8 Å². The summed E-state index contributed by atoms with van der Waals surface area (Å²) in [4.78, 5) is 16.6. The Morgan fingerprint density at radius 1 is 1.24 bits per heavy atom. The molecule has 1 saturated heterocycles. The Hall–Kier alpha value is -1.64. The van der Waals surface area contributed by atoms with Crippen molar-refractivity contribution in [1.29, 1.82) is 0 Å². The summed E-state index contributed by atoms with van der Waals surface area (Å²) < 4.78 is 32.5. The summed E-state index contributed by atoms with van der Waals surface area (Å²) in [5.41, 5.74) is 0.107. The van der Waals surface area contributed by atoms with Crippen molar-refractivity contribution in [2.45, 2.75) is 24.3 Å². The van der Waals surface area contributed by atoms with Gasteiger partial charge in [-0.25, -0.2) is 13.2 Å². The highest BCUT2D eigenvalue weighted by Crippen LogP contribution is 2.28. The summed E-state index contributed by atoms with van der Waals surface area (Å²) in [5.74, 6) is 0. The number of nitrogens with zero attached hydrogens (tertiary/aromatic N) is 1. The predicted octanol–water partition coefficient (Wildman–Crippen LogP) is 0.656. The Morgan fingerprint density at radius 3 is 2.67 bits per heavy atom. The molecule has 7 nitrogen and oxygen atoms in total. The first kappa shape index (κ1) is 14.3. The molecule has 1 aromatic heterocycles. The number of benzene rings is 1. The number of hydrogen-bond donors (Lipinski definition) is 2. The first-order valence-electron chi connectivity index (χ1n) is 6.63. The summed E-state index contributed by atoms with van der Waals surface area (Å²) in [6, 6.07) is 4.58. The maximum absolute atomic E-state index is 12.8. The molecular formula is C13H17N3O4S. The maximum Gasteiger partial charge on any atom is 0.323 e. The first-order valence-corrected chi connectivity index (χ1v) is 8.07. The van der Waals surface area contributed by atoms with Crippen molar-refractivity contribution in [2.75, 3.05) is 19.8 Å². The molecule has 0 amide bonds. The van der Waals surface area contributed by atoms with Gasteiger partial charge < -0.3 is 14.7 Å². The lowest BCUT2D eigenvalue weighted by Crippen LogP contribution is -2.55. The Morgan fingerprint density at radius 2 is 1.95 bits per heavy atom. The lowest BCUT2D eigenvalue weighted by molar-refractivity contribution is -0.00770. The monoisotopic (exact) mass is 311 g/mol. The summed E-state index contributed by atoms with van der Waals surface area (Å²) in [6.45, 7) is 4.72. The van der Waals surface area contributed by atoms with Gasteiger partial charge in [-0.05, 0) is 32.0 Å². The molecule has 2 heterocycles. The van der Waals surface area contributed by atoms with Crippen molar-refractivity contribution in [3.05, 3.63) is 28.7 Å². The Kier molecular flexibility index (Phi) is 3.19. The topological polar surface area (TPSA) is 95.3 Å². The molecular weight excluding hydrogens is 294 g/mol. The van der Waals surface area contributed by atoms with Crippen LogP contribution in [0, 0.1) is 0 Å². The molecule has 0 atom stereocenters. The minimum absolute atomic E-state index is 0.167. The van der Waals surface area contributed by atoms with E-state index < -0.39 is 15.6 Å². The van der Waals surface area contributed by atoms with E-state index in [1.807, 2.05) is 13.8 Å². The molecule has 1 aromatic carbocycles. The standard InChI is InChI=1S/C13H17N3O4S/c1-13(2)8-20-6-5-16(13)21(18,19)9-3-4-10-11(7-9)15-12(17)14-10/h3-4,7H,5-6,8H2,1-2H3,(H2,14,15,17).